The molecule has 130 valence electrons. The summed E-state index contributed by atoms with van der Waals surface area (Å²) in [5.41, 5.74) is 1.70. The van der Waals surface area contributed by atoms with Gasteiger partial charge in [-0.3, -0.25) is 4.79 Å². The number of aromatic nitrogens is 5. The van der Waals surface area contributed by atoms with Crippen molar-refractivity contribution >= 4 is 22.4 Å². The standard InChI is InChI=1S/C17H20N6OS/c1-4-10-23-21-15(20-22-23)14-13(12-8-6-5-7-9-12)18-17(25-14)19-16(24)11(2)3/h5-9,11H,4,10H2,1-3H3,(H,18,19,24). The van der Waals surface area contributed by atoms with E-state index in [1.807, 2.05) is 44.2 Å². The molecule has 1 amide bonds. The Balaban J connectivity index is 2.02. The Morgan fingerprint density at radius 3 is 2.72 bits per heavy atom. The molecule has 8 heteroatoms. The summed E-state index contributed by atoms with van der Waals surface area (Å²) in [6.07, 6.45) is 0.930. The first-order valence-corrected chi connectivity index (χ1v) is 9.05. The highest BCUT2D eigenvalue weighted by molar-refractivity contribution is 7.19. The van der Waals surface area contributed by atoms with Crippen molar-refractivity contribution in [3.05, 3.63) is 30.3 Å². The quantitative estimate of drug-likeness (QED) is 0.731. The van der Waals surface area contributed by atoms with Gasteiger partial charge in [0.1, 0.15) is 4.88 Å². The van der Waals surface area contributed by atoms with Crippen LogP contribution < -0.4 is 5.32 Å². The van der Waals surface area contributed by atoms with Gasteiger partial charge in [0, 0.05) is 11.5 Å². The molecule has 7 nitrogen and oxygen atoms in total. The average Bonchev–Trinajstić information content (AvgIpc) is 3.23. The molecule has 2 heterocycles. The van der Waals surface area contributed by atoms with E-state index in [4.69, 9.17) is 0 Å². The van der Waals surface area contributed by atoms with E-state index in [1.54, 1.807) is 4.80 Å². The highest BCUT2D eigenvalue weighted by atomic mass is 32.1. The van der Waals surface area contributed by atoms with Gasteiger partial charge in [0.2, 0.25) is 11.7 Å². The van der Waals surface area contributed by atoms with Crippen LogP contribution in [0.5, 0.6) is 0 Å². The lowest BCUT2D eigenvalue weighted by atomic mass is 10.1. The normalized spacial score (nSPS) is 11.0. The highest BCUT2D eigenvalue weighted by Gasteiger charge is 2.20. The molecule has 3 aromatic rings. The molecule has 0 atom stereocenters. The number of benzene rings is 1. The number of hydrogen-bond acceptors (Lipinski definition) is 6. The minimum absolute atomic E-state index is 0.0671. The molecule has 25 heavy (non-hydrogen) atoms. The zero-order valence-corrected chi connectivity index (χ0v) is 15.2. The second-order valence-corrected chi connectivity index (χ2v) is 6.91. The number of tetrazole rings is 1. The Morgan fingerprint density at radius 1 is 1.28 bits per heavy atom. The minimum atomic E-state index is -0.115. The summed E-state index contributed by atoms with van der Waals surface area (Å²) in [6, 6.07) is 9.80. The van der Waals surface area contributed by atoms with E-state index in [1.165, 1.54) is 11.3 Å². The van der Waals surface area contributed by atoms with Crippen LogP contribution >= 0.6 is 11.3 Å². The Morgan fingerprint density at radius 2 is 2.04 bits per heavy atom. The van der Waals surface area contributed by atoms with Crippen LogP contribution in [0.2, 0.25) is 0 Å². The van der Waals surface area contributed by atoms with Crippen LogP contribution in [-0.2, 0) is 11.3 Å². The fourth-order valence-electron chi connectivity index (χ4n) is 2.20. The predicted molar refractivity (Wildman–Crippen MR) is 98.1 cm³/mol. The summed E-state index contributed by atoms with van der Waals surface area (Å²) < 4.78 is 0. The summed E-state index contributed by atoms with van der Waals surface area (Å²) in [4.78, 5) is 19.0. The zero-order valence-electron chi connectivity index (χ0n) is 14.4. The van der Waals surface area contributed by atoms with Crippen molar-refractivity contribution in [2.75, 3.05) is 5.32 Å². The van der Waals surface area contributed by atoms with Crippen LogP contribution in [0.3, 0.4) is 0 Å². The van der Waals surface area contributed by atoms with E-state index in [9.17, 15) is 4.79 Å². The first-order chi connectivity index (χ1) is 12.1. The SMILES string of the molecule is CCCn1nnc(-c2sc(NC(=O)C(C)C)nc2-c2ccccc2)n1. The predicted octanol–water partition coefficient (Wildman–Crippen LogP) is 3.47. The number of thiazole rings is 1. The number of carbonyl (C=O) groups excluding carboxylic acids is 1. The maximum absolute atomic E-state index is 12.0. The van der Waals surface area contributed by atoms with Crippen molar-refractivity contribution in [2.45, 2.75) is 33.7 Å². The second-order valence-electron chi connectivity index (χ2n) is 5.92. The van der Waals surface area contributed by atoms with Gasteiger partial charge in [-0.1, -0.05) is 62.4 Å². The van der Waals surface area contributed by atoms with Crippen LogP contribution in [-0.4, -0.2) is 31.1 Å². The minimum Gasteiger partial charge on any atom is -0.302 e. The third-order valence-corrected chi connectivity index (χ3v) is 4.48. The summed E-state index contributed by atoms with van der Waals surface area (Å²) >= 11 is 1.36. The van der Waals surface area contributed by atoms with Crippen molar-refractivity contribution in [2.24, 2.45) is 5.92 Å². The van der Waals surface area contributed by atoms with Crippen LogP contribution in [0.25, 0.3) is 22.0 Å². The Labute approximate surface area is 150 Å². The molecule has 0 spiro atoms. The van der Waals surface area contributed by atoms with E-state index in [2.05, 4.69) is 32.6 Å². The van der Waals surface area contributed by atoms with Crippen molar-refractivity contribution in [3.63, 3.8) is 0 Å². The Bertz CT molecular complexity index is 855. The number of rotatable bonds is 6. The Hall–Kier alpha value is -2.61. The van der Waals surface area contributed by atoms with Gasteiger partial charge in [-0.25, -0.2) is 4.98 Å². The van der Waals surface area contributed by atoms with Crippen LogP contribution in [0, 0.1) is 5.92 Å². The van der Waals surface area contributed by atoms with E-state index < -0.39 is 0 Å². The van der Waals surface area contributed by atoms with Crippen LogP contribution in [0.1, 0.15) is 27.2 Å². The van der Waals surface area contributed by atoms with Crippen molar-refractivity contribution < 1.29 is 4.79 Å². The van der Waals surface area contributed by atoms with E-state index in [0.717, 1.165) is 22.6 Å². The molecular formula is C17H20N6OS. The van der Waals surface area contributed by atoms with Crippen molar-refractivity contribution in [1.82, 2.24) is 25.2 Å². The van der Waals surface area contributed by atoms with E-state index >= 15 is 0 Å². The average molecular weight is 356 g/mol. The second kappa shape index (κ2) is 7.52. The van der Waals surface area contributed by atoms with Crippen molar-refractivity contribution in [1.29, 1.82) is 0 Å². The maximum atomic E-state index is 12.0. The van der Waals surface area contributed by atoms with Gasteiger partial charge < -0.3 is 5.32 Å². The number of anilines is 1. The number of aryl methyl sites for hydroxylation is 1. The molecule has 1 N–H and O–H groups in total. The Kier molecular flexibility index (Phi) is 5.18. The van der Waals surface area contributed by atoms with Gasteiger partial charge in [-0.05, 0) is 11.6 Å². The number of hydrogen-bond donors (Lipinski definition) is 1. The molecule has 0 aliphatic carbocycles. The van der Waals surface area contributed by atoms with Crippen LogP contribution in [0.4, 0.5) is 5.13 Å². The van der Waals surface area contributed by atoms with E-state index in [-0.39, 0.29) is 11.8 Å². The number of carbonyl (C=O) groups is 1. The van der Waals surface area contributed by atoms with Crippen LogP contribution in [0.15, 0.2) is 30.3 Å². The largest absolute Gasteiger partial charge is 0.302 e. The van der Waals surface area contributed by atoms with Crippen molar-refractivity contribution in [3.8, 4) is 22.0 Å². The number of nitrogens with one attached hydrogen (secondary N) is 1. The molecule has 0 saturated carbocycles. The summed E-state index contributed by atoms with van der Waals surface area (Å²) in [6.45, 7) is 6.47. The van der Waals surface area contributed by atoms with Gasteiger partial charge in [0.15, 0.2) is 5.13 Å². The molecule has 0 aliphatic rings. The monoisotopic (exact) mass is 356 g/mol. The molecule has 0 radical (unpaired) electrons. The topological polar surface area (TPSA) is 85.6 Å². The highest BCUT2D eigenvalue weighted by Crippen LogP contribution is 2.37. The van der Waals surface area contributed by atoms with Gasteiger partial charge in [0.25, 0.3) is 0 Å². The fraction of sp³-hybridized carbons (Fsp3) is 0.353. The number of amides is 1. The summed E-state index contributed by atoms with van der Waals surface area (Å²) in [7, 11) is 0. The summed E-state index contributed by atoms with van der Waals surface area (Å²) in [5.74, 6) is 0.341. The third kappa shape index (κ3) is 3.90. The third-order valence-electron chi connectivity index (χ3n) is 3.51. The molecule has 3 rings (SSSR count). The summed E-state index contributed by atoms with van der Waals surface area (Å²) in [5, 5.41) is 16.1. The molecule has 0 fully saturated rings. The van der Waals surface area contributed by atoms with Gasteiger partial charge in [0.05, 0.1) is 12.2 Å². The zero-order chi connectivity index (χ0) is 17.8. The first-order valence-electron chi connectivity index (χ1n) is 8.23. The lowest BCUT2D eigenvalue weighted by Gasteiger charge is -2.03. The molecular weight excluding hydrogens is 336 g/mol. The maximum Gasteiger partial charge on any atom is 0.228 e. The molecule has 0 aliphatic heterocycles. The molecule has 0 unspecified atom stereocenters. The van der Waals surface area contributed by atoms with Gasteiger partial charge >= 0.3 is 0 Å². The molecule has 1 aromatic carbocycles. The molecule has 2 aromatic heterocycles. The smallest absolute Gasteiger partial charge is 0.228 e. The number of nitrogens with zero attached hydrogens (tertiary/aromatic N) is 5. The first kappa shape index (κ1) is 17.2. The lowest BCUT2D eigenvalue weighted by molar-refractivity contribution is -0.118. The lowest BCUT2D eigenvalue weighted by Crippen LogP contribution is -2.17. The fourth-order valence-corrected chi connectivity index (χ4v) is 3.11. The molecule has 0 bridgehead atoms. The van der Waals surface area contributed by atoms with E-state index in [0.29, 0.717) is 17.5 Å². The van der Waals surface area contributed by atoms with Gasteiger partial charge in [-0.2, -0.15) is 4.80 Å². The van der Waals surface area contributed by atoms with Gasteiger partial charge in [-0.15, -0.1) is 10.2 Å². The molecule has 0 saturated heterocycles.